The Kier molecular flexibility index (Phi) is 7.52. The molecule has 0 heterocycles. The second-order valence-electron chi connectivity index (χ2n) is 6.69. The minimum Gasteiger partial charge on any atom is -0.459 e. The van der Waals surface area contributed by atoms with Crippen molar-refractivity contribution >= 4 is 29.2 Å². The molecule has 2 rings (SSSR count). The molecule has 0 aromatic heterocycles. The molecule has 1 N–H and O–H groups in total. The first-order chi connectivity index (χ1) is 13.3. The number of rotatable bonds is 8. The number of benzene rings is 2. The minimum atomic E-state index is -0.804. The number of hydrogen-bond acceptors (Lipinski definition) is 5. The number of carbonyl (C=O) groups is 2. The van der Waals surface area contributed by atoms with E-state index < -0.39 is 22.8 Å². The smallest absolute Gasteiger partial charge is 0.328 e. The van der Waals surface area contributed by atoms with Crippen LogP contribution in [0.1, 0.15) is 36.2 Å². The summed E-state index contributed by atoms with van der Waals surface area (Å²) >= 11 is 5.82. The number of nitro benzene ring substituents is 1. The van der Waals surface area contributed by atoms with Crippen molar-refractivity contribution in [3.8, 4) is 0 Å². The third-order valence-corrected chi connectivity index (χ3v) is 4.18. The number of carbonyl (C=O) groups excluding carboxylic acids is 2. The highest BCUT2D eigenvalue weighted by molar-refractivity contribution is 6.30. The van der Waals surface area contributed by atoms with Gasteiger partial charge < -0.3 is 10.1 Å². The zero-order valence-electron chi connectivity index (χ0n) is 15.6. The molecule has 8 heteroatoms. The number of nitrogens with one attached hydrogen (secondary N) is 1. The summed E-state index contributed by atoms with van der Waals surface area (Å²) in [6, 6.07) is 11.3. The molecular formula is C20H21ClN2O5. The van der Waals surface area contributed by atoms with Gasteiger partial charge in [-0.05, 0) is 54.3 Å². The van der Waals surface area contributed by atoms with Gasteiger partial charge in [0.2, 0.25) is 0 Å². The van der Waals surface area contributed by atoms with Crippen molar-refractivity contribution in [3.05, 3.63) is 74.8 Å². The zero-order valence-corrected chi connectivity index (χ0v) is 16.3. The number of halogens is 1. The van der Waals surface area contributed by atoms with E-state index in [-0.39, 0.29) is 18.2 Å². The van der Waals surface area contributed by atoms with Crippen LogP contribution in [0.4, 0.5) is 5.69 Å². The molecule has 0 saturated heterocycles. The van der Waals surface area contributed by atoms with Gasteiger partial charge in [0, 0.05) is 22.7 Å². The van der Waals surface area contributed by atoms with Crippen molar-refractivity contribution in [1.29, 1.82) is 0 Å². The van der Waals surface area contributed by atoms with Gasteiger partial charge in [-0.2, -0.15) is 0 Å². The fourth-order valence-electron chi connectivity index (χ4n) is 2.50. The molecule has 0 aliphatic heterocycles. The first-order valence-corrected chi connectivity index (χ1v) is 9.10. The average Bonchev–Trinajstić information content (AvgIpc) is 2.66. The quantitative estimate of drug-likeness (QED) is 0.405. The highest BCUT2D eigenvalue weighted by Crippen LogP contribution is 2.14. The van der Waals surface area contributed by atoms with E-state index in [1.165, 1.54) is 24.3 Å². The Morgan fingerprint density at radius 3 is 2.25 bits per heavy atom. The molecule has 0 radical (unpaired) electrons. The van der Waals surface area contributed by atoms with E-state index in [1.807, 2.05) is 13.8 Å². The van der Waals surface area contributed by atoms with Crippen molar-refractivity contribution < 1.29 is 19.2 Å². The Balaban J connectivity index is 2.00. The van der Waals surface area contributed by atoms with Crippen molar-refractivity contribution in [2.24, 2.45) is 5.92 Å². The van der Waals surface area contributed by atoms with E-state index in [1.54, 1.807) is 24.3 Å². The van der Waals surface area contributed by atoms with E-state index in [0.717, 1.165) is 0 Å². The molecule has 1 amide bonds. The van der Waals surface area contributed by atoms with E-state index in [0.29, 0.717) is 22.6 Å². The van der Waals surface area contributed by atoms with Crippen LogP contribution in [0.25, 0.3) is 0 Å². The normalized spacial score (nSPS) is 11.7. The maximum absolute atomic E-state index is 12.5. The molecule has 2 aromatic carbocycles. The second kappa shape index (κ2) is 9.85. The summed E-state index contributed by atoms with van der Waals surface area (Å²) in [5.41, 5.74) is 0.968. The molecule has 28 heavy (non-hydrogen) atoms. The maximum atomic E-state index is 12.5. The van der Waals surface area contributed by atoms with Crippen LogP contribution >= 0.6 is 11.6 Å². The van der Waals surface area contributed by atoms with Gasteiger partial charge in [0.25, 0.3) is 11.6 Å². The standard InChI is InChI=1S/C20H21ClN2O5/c1-13(2)11-18(22-19(24)15-5-7-16(21)8-6-15)20(25)28-12-14-3-9-17(10-4-14)23(26)27/h3-10,13,18H,11-12H2,1-2H3,(H,22,24)/t18-/m1/s1. The number of non-ortho nitro benzene ring substituents is 1. The third-order valence-electron chi connectivity index (χ3n) is 3.93. The highest BCUT2D eigenvalue weighted by atomic mass is 35.5. The molecule has 0 unspecified atom stereocenters. The van der Waals surface area contributed by atoms with Crippen LogP contribution in [0.5, 0.6) is 0 Å². The Hall–Kier alpha value is -2.93. The Morgan fingerprint density at radius 1 is 1.11 bits per heavy atom. The van der Waals surface area contributed by atoms with Crippen LogP contribution in [-0.2, 0) is 16.1 Å². The van der Waals surface area contributed by atoms with Gasteiger partial charge in [0.15, 0.2) is 0 Å². The summed E-state index contributed by atoms with van der Waals surface area (Å²) in [5.74, 6) is -0.800. The summed E-state index contributed by atoms with van der Waals surface area (Å²) in [6.45, 7) is 3.83. The average molecular weight is 405 g/mol. The van der Waals surface area contributed by atoms with Crippen molar-refractivity contribution in [1.82, 2.24) is 5.32 Å². The lowest BCUT2D eigenvalue weighted by molar-refractivity contribution is -0.384. The van der Waals surface area contributed by atoms with Crippen molar-refractivity contribution in [2.45, 2.75) is 32.9 Å². The topological polar surface area (TPSA) is 98.5 Å². The summed E-state index contributed by atoms with van der Waals surface area (Å²) < 4.78 is 5.30. The Bertz CT molecular complexity index is 835. The number of ether oxygens (including phenoxy) is 1. The predicted molar refractivity (Wildman–Crippen MR) is 105 cm³/mol. The third kappa shape index (κ3) is 6.35. The van der Waals surface area contributed by atoms with Gasteiger partial charge in [-0.25, -0.2) is 4.79 Å². The highest BCUT2D eigenvalue weighted by Gasteiger charge is 2.24. The van der Waals surface area contributed by atoms with Gasteiger partial charge in [0.1, 0.15) is 12.6 Å². The maximum Gasteiger partial charge on any atom is 0.328 e. The van der Waals surface area contributed by atoms with Crippen LogP contribution in [0, 0.1) is 16.0 Å². The first kappa shape index (κ1) is 21.4. The number of amides is 1. The van der Waals surface area contributed by atoms with Crippen LogP contribution in [0.2, 0.25) is 5.02 Å². The first-order valence-electron chi connectivity index (χ1n) is 8.72. The molecule has 1 atom stereocenters. The van der Waals surface area contributed by atoms with Crippen molar-refractivity contribution in [2.75, 3.05) is 0 Å². The lowest BCUT2D eigenvalue weighted by Gasteiger charge is -2.19. The number of nitrogens with zero attached hydrogens (tertiary/aromatic N) is 1. The molecule has 0 spiro atoms. The summed E-state index contributed by atoms with van der Waals surface area (Å²) in [5, 5.41) is 13.9. The van der Waals surface area contributed by atoms with Gasteiger partial charge in [-0.1, -0.05) is 25.4 Å². The number of nitro groups is 1. The van der Waals surface area contributed by atoms with E-state index in [4.69, 9.17) is 16.3 Å². The number of esters is 1. The van der Waals surface area contributed by atoms with E-state index >= 15 is 0 Å². The number of hydrogen-bond donors (Lipinski definition) is 1. The molecule has 0 aliphatic rings. The molecule has 0 aliphatic carbocycles. The van der Waals surface area contributed by atoms with Gasteiger partial charge in [-0.15, -0.1) is 0 Å². The molecule has 0 fully saturated rings. The van der Waals surface area contributed by atoms with Crippen LogP contribution in [-0.4, -0.2) is 22.8 Å². The van der Waals surface area contributed by atoms with Gasteiger partial charge in [0.05, 0.1) is 4.92 Å². The van der Waals surface area contributed by atoms with Gasteiger partial charge >= 0.3 is 5.97 Å². The summed E-state index contributed by atoms with van der Waals surface area (Å²) in [6.07, 6.45) is 0.415. The molecular weight excluding hydrogens is 384 g/mol. The van der Waals surface area contributed by atoms with Crippen LogP contribution < -0.4 is 5.32 Å². The fraction of sp³-hybridized carbons (Fsp3) is 0.300. The molecule has 148 valence electrons. The van der Waals surface area contributed by atoms with E-state index in [9.17, 15) is 19.7 Å². The molecule has 7 nitrogen and oxygen atoms in total. The molecule has 2 aromatic rings. The minimum absolute atomic E-state index is 0.0389. The predicted octanol–water partition coefficient (Wildman–Crippen LogP) is 4.14. The molecule has 0 bridgehead atoms. The monoisotopic (exact) mass is 404 g/mol. The summed E-state index contributed by atoms with van der Waals surface area (Å²) in [7, 11) is 0. The van der Waals surface area contributed by atoms with E-state index in [2.05, 4.69) is 5.32 Å². The fourth-order valence-corrected chi connectivity index (χ4v) is 2.62. The Labute approximate surface area is 167 Å². The van der Waals surface area contributed by atoms with Crippen molar-refractivity contribution in [3.63, 3.8) is 0 Å². The van der Waals surface area contributed by atoms with Crippen LogP contribution in [0.3, 0.4) is 0 Å². The lowest BCUT2D eigenvalue weighted by atomic mass is 10.0. The lowest BCUT2D eigenvalue weighted by Crippen LogP contribution is -2.42. The molecule has 0 saturated carbocycles. The van der Waals surface area contributed by atoms with Crippen LogP contribution in [0.15, 0.2) is 48.5 Å². The Morgan fingerprint density at radius 2 is 1.71 bits per heavy atom. The van der Waals surface area contributed by atoms with Gasteiger partial charge in [-0.3, -0.25) is 14.9 Å². The largest absolute Gasteiger partial charge is 0.459 e. The second-order valence-corrected chi connectivity index (χ2v) is 7.13. The summed E-state index contributed by atoms with van der Waals surface area (Å²) in [4.78, 5) is 35.1. The zero-order chi connectivity index (χ0) is 20.7. The SMILES string of the molecule is CC(C)C[C@@H](NC(=O)c1ccc(Cl)cc1)C(=O)OCc1ccc([N+](=O)[O-])cc1.